The van der Waals surface area contributed by atoms with Gasteiger partial charge < -0.3 is 10.2 Å². The maximum atomic E-state index is 13.8. The highest BCUT2D eigenvalue weighted by atomic mass is 19.1. The fourth-order valence-corrected chi connectivity index (χ4v) is 2.02. The van der Waals surface area contributed by atoms with E-state index in [4.69, 9.17) is 0 Å². The number of likely N-dealkylation sites (N-methyl/N-ethyl adjacent to an activating group) is 1. The Balaban J connectivity index is 2.04. The number of nitrogens with zero attached hydrogens (tertiary/aromatic N) is 2. The van der Waals surface area contributed by atoms with Crippen molar-refractivity contribution in [3.8, 4) is 0 Å². The molecule has 0 bridgehead atoms. The predicted molar refractivity (Wildman–Crippen MR) is 71.0 cm³/mol. The minimum absolute atomic E-state index is 0.216. The van der Waals surface area contributed by atoms with Gasteiger partial charge in [-0.2, -0.15) is 4.39 Å². The first-order valence-corrected chi connectivity index (χ1v) is 6.52. The molecule has 1 aliphatic rings. The maximum absolute atomic E-state index is 13.8. The van der Waals surface area contributed by atoms with Gasteiger partial charge in [-0.3, -0.25) is 14.9 Å². The van der Waals surface area contributed by atoms with E-state index in [1.807, 2.05) is 11.9 Å². The molecule has 1 aliphatic carbocycles. The average Bonchev–Trinajstić information content (AvgIpc) is 3.22. The van der Waals surface area contributed by atoms with Crippen molar-refractivity contribution in [1.29, 1.82) is 0 Å². The number of rotatable bonds is 6. The summed E-state index contributed by atoms with van der Waals surface area (Å²) in [4.78, 5) is 23.4. The molecule has 0 saturated heterocycles. The largest absolute Gasteiger partial charge is 0.351 e. The SMILES string of the molecule is CN(CCNC(=O)c1c(F)ccc([N+](=O)[O-])c1F)C1CC1. The minimum Gasteiger partial charge on any atom is -0.351 e. The van der Waals surface area contributed by atoms with Gasteiger partial charge in [0.2, 0.25) is 5.82 Å². The van der Waals surface area contributed by atoms with E-state index in [2.05, 4.69) is 5.32 Å². The smallest absolute Gasteiger partial charge is 0.305 e. The summed E-state index contributed by atoms with van der Waals surface area (Å²) in [6.07, 6.45) is 2.22. The zero-order valence-electron chi connectivity index (χ0n) is 11.4. The van der Waals surface area contributed by atoms with Crippen molar-refractivity contribution in [3.63, 3.8) is 0 Å². The highest BCUT2D eigenvalue weighted by Crippen LogP contribution is 2.25. The lowest BCUT2D eigenvalue weighted by molar-refractivity contribution is -0.387. The maximum Gasteiger partial charge on any atom is 0.305 e. The number of nitro groups is 1. The molecule has 21 heavy (non-hydrogen) atoms. The third-order valence-electron chi connectivity index (χ3n) is 3.41. The molecule has 114 valence electrons. The number of carbonyl (C=O) groups is 1. The van der Waals surface area contributed by atoms with Crippen LogP contribution in [0.15, 0.2) is 12.1 Å². The lowest BCUT2D eigenvalue weighted by Crippen LogP contribution is -2.34. The molecule has 0 spiro atoms. The monoisotopic (exact) mass is 299 g/mol. The second-order valence-electron chi connectivity index (χ2n) is 4.98. The van der Waals surface area contributed by atoms with Crippen LogP contribution >= 0.6 is 0 Å². The molecule has 1 amide bonds. The third-order valence-corrected chi connectivity index (χ3v) is 3.41. The van der Waals surface area contributed by atoms with Gasteiger partial charge in [-0.1, -0.05) is 0 Å². The summed E-state index contributed by atoms with van der Waals surface area (Å²) < 4.78 is 27.3. The minimum atomic E-state index is -1.45. The van der Waals surface area contributed by atoms with Crippen LogP contribution in [-0.2, 0) is 0 Å². The molecule has 1 N–H and O–H groups in total. The highest BCUT2D eigenvalue weighted by Gasteiger charge is 2.27. The summed E-state index contributed by atoms with van der Waals surface area (Å²) in [5, 5.41) is 13.0. The van der Waals surface area contributed by atoms with Gasteiger partial charge in [0.25, 0.3) is 5.91 Å². The molecule has 6 nitrogen and oxygen atoms in total. The summed E-state index contributed by atoms with van der Waals surface area (Å²) in [6, 6.07) is 1.92. The second kappa shape index (κ2) is 6.13. The molecule has 1 saturated carbocycles. The quantitative estimate of drug-likeness (QED) is 0.641. The summed E-state index contributed by atoms with van der Waals surface area (Å²) >= 11 is 0. The molecule has 0 heterocycles. The summed E-state index contributed by atoms with van der Waals surface area (Å²) in [6.45, 7) is 0.766. The molecule has 0 atom stereocenters. The second-order valence-corrected chi connectivity index (χ2v) is 4.98. The molecule has 0 radical (unpaired) electrons. The summed E-state index contributed by atoms with van der Waals surface area (Å²) in [5.41, 5.74) is -1.84. The Bertz CT molecular complexity index is 576. The van der Waals surface area contributed by atoms with Gasteiger partial charge in [-0.25, -0.2) is 4.39 Å². The van der Waals surface area contributed by atoms with Crippen LogP contribution in [0.5, 0.6) is 0 Å². The Kier molecular flexibility index (Phi) is 4.46. The molecule has 1 aromatic rings. The fourth-order valence-electron chi connectivity index (χ4n) is 2.02. The van der Waals surface area contributed by atoms with E-state index in [1.54, 1.807) is 0 Å². The first-order chi connectivity index (χ1) is 9.91. The van der Waals surface area contributed by atoms with Gasteiger partial charge in [-0.15, -0.1) is 0 Å². The van der Waals surface area contributed by atoms with Crippen LogP contribution in [0, 0.1) is 21.7 Å². The van der Waals surface area contributed by atoms with Gasteiger partial charge in [-0.05, 0) is 26.0 Å². The van der Waals surface area contributed by atoms with Crippen LogP contribution in [0.2, 0.25) is 0 Å². The summed E-state index contributed by atoms with van der Waals surface area (Å²) in [7, 11) is 1.90. The van der Waals surface area contributed by atoms with Crippen molar-refractivity contribution in [1.82, 2.24) is 10.2 Å². The van der Waals surface area contributed by atoms with Crippen molar-refractivity contribution in [2.45, 2.75) is 18.9 Å². The molecule has 0 unspecified atom stereocenters. The van der Waals surface area contributed by atoms with E-state index in [-0.39, 0.29) is 6.54 Å². The molecule has 1 aromatic carbocycles. The van der Waals surface area contributed by atoms with Crippen molar-refractivity contribution < 1.29 is 18.5 Å². The Morgan fingerprint density at radius 3 is 2.71 bits per heavy atom. The molecular formula is C13H15F2N3O3. The molecule has 8 heteroatoms. The van der Waals surface area contributed by atoms with Gasteiger partial charge >= 0.3 is 5.69 Å². The van der Waals surface area contributed by atoms with Crippen molar-refractivity contribution in [3.05, 3.63) is 39.4 Å². The number of hydrogen-bond donors (Lipinski definition) is 1. The van der Waals surface area contributed by atoms with Crippen LogP contribution in [0.1, 0.15) is 23.2 Å². The highest BCUT2D eigenvalue weighted by molar-refractivity contribution is 5.95. The number of carbonyl (C=O) groups excluding carboxylic acids is 1. The van der Waals surface area contributed by atoms with E-state index in [0.29, 0.717) is 24.7 Å². The third kappa shape index (κ3) is 3.52. The number of nitrogens with one attached hydrogen (secondary N) is 1. The zero-order chi connectivity index (χ0) is 15.6. The van der Waals surface area contributed by atoms with Crippen molar-refractivity contribution in [2.24, 2.45) is 0 Å². The zero-order valence-corrected chi connectivity index (χ0v) is 11.4. The van der Waals surface area contributed by atoms with Crippen LogP contribution in [0.3, 0.4) is 0 Å². The van der Waals surface area contributed by atoms with E-state index in [1.165, 1.54) is 0 Å². The first kappa shape index (κ1) is 15.3. The first-order valence-electron chi connectivity index (χ1n) is 6.52. The van der Waals surface area contributed by atoms with Gasteiger partial charge in [0.15, 0.2) is 0 Å². The Morgan fingerprint density at radius 2 is 2.14 bits per heavy atom. The molecular weight excluding hydrogens is 284 g/mol. The van der Waals surface area contributed by atoms with Gasteiger partial charge in [0, 0.05) is 25.2 Å². The van der Waals surface area contributed by atoms with E-state index >= 15 is 0 Å². The Labute approximate surface area is 119 Å². The number of amides is 1. The van der Waals surface area contributed by atoms with Crippen molar-refractivity contribution >= 4 is 11.6 Å². The van der Waals surface area contributed by atoms with Crippen LogP contribution in [0.25, 0.3) is 0 Å². The normalized spacial score (nSPS) is 14.3. The molecule has 2 rings (SSSR count). The van der Waals surface area contributed by atoms with Gasteiger partial charge in [0.05, 0.1) is 4.92 Å². The predicted octanol–water partition coefficient (Wildman–Crippen LogP) is 1.70. The van der Waals surface area contributed by atoms with Gasteiger partial charge in [0.1, 0.15) is 11.4 Å². The van der Waals surface area contributed by atoms with Crippen molar-refractivity contribution in [2.75, 3.05) is 20.1 Å². The van der Waals surface area contributed by atoms with Crippen LogP contribution < -0.4 is 5.32 Å². The lowest BCUT2D eigenvalue weighted by Gasteiger charge is -2.15. The Morgan fingerprint density at radius 1 is 1.48 bits per heavy atom. The number of benzene rings is 1. The topological polar surface area (TPSA) is 75.5 Å². The molecule has 0 aliphatic heterocycles. The fraction of sp³-hybridized carbons (Fsp3) is 0.462. The standard InChI is InChI=1S/C13H15F2N3O3/c1-17(8-2-3-8)7-6-16-13(19)11-9(14)4-5-10(12(11)15)18(20)21/h4-5,8H,2-3,6-7H2,1H3,(H,16,19). The molecule has 1 fully saturated rings. The van der Waals surface area contributed by atoms with E-state index in [0.717, 1.165) is 12.8 Å². The average molecular weight is 299 g/mol. The van der Waals surface area contributed by atoms with Crippen LogP contribution in [0.4, 0.5) is 14.5 Å². The number of nitro benzene ring substituents is 1. The Hall–Kier alpha value is -2.09. The van der Waals surface area contributed by atoms with Crippen LogP contribution in [-0.4, -0.2) is 41.9 Å². The van der Waals surface area contributed by atoms with E-state index < -0.39 is 33.7 Å². The lowest BCUT2D eigenvalue weighted by atomic mass is 10.1. The molecule has 0 aromatic heterocycles. The van der Waals surface area contributed by atoms with E-state index in [9.17, 15) is 23.7 Å². The number of hydrogen-bond acceptors (Lipinski definition) is 4. The summed E-state index contributed by atoms with van der Waals surface area (Å²) in [5.74, 6) is -3.56. The number of halogens is 2.